The fraction of sp³-hybridized carbons (Fsp3) is 0.556. The van der Waals surface area contributed by atoms with Gasteiger partial charge in [-0.25, -0.2) is 0 Å². The summed E-state index contributed by atoms with van der Waals surface area (Å²) >= 11 is 0. The van der Waals surface area contributed by atoms with Crippen LogP contribution >= 0.6 is 0 Å². The Balaban J connectivity index is 1.51. The van der Waals surface area contributed by atoms with Crippen molar-refractivity contribution in [3.63, 3.8) is 0 Å². The highest BCUT2D eigenvalue weighted by Gasteiger charge is 2.43. The zero-order valence-corrected chi connectivity index (χ0v) is 13.5. The fourth-order valence-electron chi connectivity index (χ4n) is 4.28. The van der Waals surface area contributed by atoms with E-state index in [1.807, 2.05) is 12.1 Å². The van der Waals surface area contributed by atoms with Crippen LogP contribution in [0.3, 0.4) is 0 Å². The Morgan fingerprint density at radius 3 is 2.82 bits per heavy atom. The molecule has 4 nitrogen and oxygen atoms in total. The first-order valence-corrected chi connectivity index (χ1v) is 8.34. The van der Waals surface area contributed by atoms with Crippen LogP contribution in [0, 0.1) is 18.8 Å². The summed E-state index contributed by atoms with van der Waals surface area (Å²) in [5.74, 6) is 3.09. The first kappa shape index (κ1) is 13.9. The smallest absolute Gasteiger partial charge is 0.227 e. The minimum absolute atomic E-state index is 0.707. The number of hydrogen-bond acceptors (Lipinski definition) is 3. The van der Waals surface area contributed by atoms with Gasteiger partial charge in [0.2, 0.25) is 11.7 Å². The molecule has 0 N–H and O–H groups in total. The number of quaternary nitrogens is 1. The maximum Gasteiger partial charge on any atom is 0.227 e. The second-order valence-electron chi connectivity index (χ2n) is 7.43. The Morgan fingerprint density at radius 1 is 1.27 bits per heavy atom. The zero-order valence-electron chi connectivity index (χ0n) is 13.5. The molecule has 22 heavy (non-hydrogen) atoms. The zero-order chi connectivity index (χ0) is 15.2. The highest BCUT2D eigenvalue weighted by atomic mass is 16.5. The standard InChI is InChI=1S/C18H24N3O/c1-13-4-3-5-15(10-13)18-19-17(22-20-18)11-16-12-21(2)8-6-14(16)7-9-21/h3-5,10,14,16H,6-9,11-12H2,1-2H3/q+1. The number of aryl methyl sites for hydroxylation is 1. The molecule has 1 aromatic carbocycles. The topological polar surface area (TPSA) is 38.9 Å². The first-order chi connectivity index (χ1) is 10.6. The van der Waals surface area contributed by atoms with E-state index in [0.29, 0.717) is 5.92 Å². The van der Waals surface area contributed by atoms with Crippen molar-refractivity contribution in [2.75, 3.05) is 26.7 Å². The van der Waals surface area contributed by atoms with Gasteiger partial charge in [-0.1, -0.05) is 28.9 Å². The molecule has 0 amide bonds. The van der Waals surface area contributed by atoms with Gasteiger partial charge in [-0.05, 0) is 18.9 Å². The highest BCUT2D eigenvalue weighted by Crippen LogP contribution is 2.38. The lowest BCUT2D eigenvalue weighted by Gasteiger charge is -2.50. The molecule has 2 bridgehead atoms. The number of rotatable bonds is 3. The predicted octanol–water partition coefficient (Wildman–Crippen LogP) is 3.07. The maximum atomic E-state index is 5.53. The van der Waals surface area contributed by atoms with Crippen molar-refractivity contribution in [3.8, 4) is 11.4 Å². The molecule has 0 radical (unpaired) electrons. The van der Waals surface area contributed by atoms with E-state index in [9.17, 15) is 0 Å². The molecular formula is C18H24N3O+. The quantitative estimate of drug-likeness (QED) is 0.817. The first-order valence-electron chi connectivity index (χ1n) is 8.34. The van der Waals surface area contributed by atoms with Crippen LogP contribution in [0.15, 0.2) is 28.8 Å². The van der Waals surface area contributed by atoms with Crippen LogP contribution in [-0.4, -0.2) is 41.3 Å². The summed E-state index contributed by atoms with van der Waals surface area (Å²) in [4.78, 5) is 4.64. The number of hydrogen-bond donors (Lipinski definition) is 0. The number of nitrogens with zero attached hydrogens (tertiary/aromatic N) is 3. The number of piperidine rings is 3. The lowest BCUT2D eigenvalue weighted by molar-refractivity contribution is -0.929. The second-order valence-corrected chi connectivity index (χ2v) is 7.43. The third-order valence-electron chi connectivity index (χ3n) is 5.60. The molecule has 4 heteroatoms. The molecule has 1 unspecified atom stereocenters. The molecule has 4 heterocycles. The monoisotopic (exact) mass is 298 g/mol. The molecule has 2 aromatic rings. The van der Waals surface area contributed by atoms with Crippen LogP contribution in [0.2, 0.25) is 0 Å². The van der Waals surface area contributed by atoms with Gasteiger partial charge in [0.1, 0.15) is 0 Å². The molecular weight excluding hydrogens is 274 g/mol. The van der Waals surface area contributed by atoms with Crippen molar-refractivity contribution in [2.24, 2.45) is 11.8 Å². The van der Waals surface area contributed by atoms with Crippen molar-refractivity contribution >= 4 is 0 Å². The molecule has 3 saturated heterocycles. The number of benzene rings is 1. The molecule has 5 rings (SSSR count). The third-order valence-corrected chi connectivity index (χ3v) is 5.60. The van der Waals surface area contributed by atoms with Crippen LogP contribution in [0.25, 0.3) is 11.4 Å². The van der Waals surface area contributed by atoms with Gasteiger partial charge in [0, 0.05) is 30.7 Å². The van der Waals surface area contributed by atoms with Crippen LogP contribution in [-0.2, 0) is 6.42 Å². The van der Waals surface area contributed by atoms with Crippen molar-refractivity contribution in [2.45, 2.75) is 26.2 Å². The Hall–Kier alpha value is -1.68. The molecule has 3 aliphatic heterocycles. The van der Waals surface area contributed by atoms with Gasteiger partial charge in [0.15, 0.2) is 0 Å². The summed E-state index contributed by atoms with van der Waals surface area (Å²) in [7, 11) is 2.40. The van der Waals surface area contributed by atoms with Gasteiger partial charge in [-0.3, -0.25) is 0 Å². The largest absolute Gasteiger partial charge is 0.339 e. The number of fused-ring (bicyclic) bond motifs is 3. The Labute approximate surface area is 131 Å². The maximum absolute atomic E-state index is 5.53. The van der Waals surface area contributed by atoms with Crippen LogP contribution in [0.5, 0.6) is 0 Å². The molecule has 0 spiro atoms. The van der Waals surface area contributed by atoms with E-state index < -0.39 is 0 Å². The lowest BCUT2D eigenvalue weighted by Crippen LogP contribution is -2.59. The van der Waals surface area contributed by atoms with E-state index in [1.165, 1.54) is 42.5 Å². The van der Waals surface area contributed by atoms with E-state index in [1.54, 1.807) is 0 Å². The molecule has 3 aliphatic rings. The van der Waals surface area contributed by atoms with Gasteiger partial charge in [0.25, 0.3) is 0 Å². The molecule has 3 fully saturated rings. The number of aromatic nitrogens is 2. The SMILES string of the molecule is Cc1cccc(-c2noc(CC3C[N+]4(C)CCC3CC4)n2)c1. The molecule has 0 saturated carbocycles. The summed E-state index contributed by atoms with van der Waals surface area (Å²) in [5.41, 5.74) is 2.27. The van der Waals surface area contributed by atoms with E-state index in [-0.39, 0.29) is 0 Å². The van der Waals surface area contributed by atoms with Crippen LogP contribution in [0.1, 0.15) is 24.3 Å². The fourth-order valence-corrected chi connectivity index (χ4v) is 4.28. The average Bonchev–Trinajstić information content (AvgIpc) is 2.96. The van der Waals surface area contributed by atoms with Crippen molar-refractivity contribution in [1.29, 1.82) is 0 Å². The normalized spacial score (nSPS) is 30.6. The second kappa shape index (κ2) is 5.20. The summed E-state index contributed by atoms with van der Waals surface area (Å²) < 4.78 is 6.77. The van der Waals surface area contributed by atoms with Crippen molar-refractivity contribution in [3.05, 3.63) is 35.7 Å². The summed E-state index contributed by atoms with van der Waals surface area (Å²) in [6.07, 6.45) is 3.66. The van der Waals surface area contributed by atoms with Gasteiger partial charge in [-0.15, -0.1) is 0 Å². The van der Waals surface area contributed by atoms with Crippen molar-refractivity contribution < 1.29 is 9.01 Å². The van der Waals surface area contributed by atoms with Gasteiger partial charge in [-0.2, -0.15) is 4.98 Å². The minimum Gasteiger partial charge on any atom is -0.339 e. The Bertz CT molecular complexity index is 670. The summed E-state index contributed by atoms with van der Waals surface area (Å²) in [6, 6.07) is 8.28. The van der Waals surface area contributed by atoms with Gasteiger partial charge < -0.3 is 9.01 Å². The summed E-state index contributed by atoms with van der Waals surface area (Å²) in [6.45, 7) is 6.05. The van der Waals surface area contributed by atoms with Gasteiger partial charge >= 0.3 is 0 Å². The Morgan fingerprint density at radius 2 is 2.09 bits per heavy atom. The molecule has 1 atom stereocenters. The Kier molecular flexibility index (Phi) is 3.30. The molecule has 1 aromatic heterocycles. The lowest BCUT2D eigenvalue weighted by atomic mass is 9.76. The minimum atomic E-state index is 0.707. The van der Waals surface area contributed by atoms with Crippen LogP contribution in [0.4, 0.5) is 0 Å². The van der Waals surface area contributed by atoms with Gasteiger partial charge in [0.05, 0.1) is 26.7 Å². The highest BCUT2D eigenvalue weighted by molar-refractivity contribution is 5.55. The van der Waals surface area contributed by atoms with E-state index >= 15 is 0 Å². The predicted molar refractivity (Wildman–Crippen MR) is 85.2 cm³/mol. The average molecular weight is 298 g/mol. The third kappa shape index (κ3) is 2.56. The molecule has 116 valence electrons. The van der Waals surface area contributed by atoms with E-state index in [0.717, 1.165) is 29.6 Å². The van der Waals surface area contributed by atoms with Crippen LogP contribution < -0.4 is 0 Å². The molecule has 0 aliphatic carbocycles. The van der Waals surface area contributed by atoms with E-state index in [2.05, 4.69) is 36.2 Å². The summed E-state index contributed by atoms with van der Waals surface area (Å²) in [5, 5.41) is 4.18. The van der Waals surface area contributed by atoms with E-state index in [4.69, 9.17) is 4.52 Å². The van der Waals surface area contributed by atoms with Crippen molar-refractivity contribution in [1.82, 2.24) is 10.1 Å².